The zero-order chi connectivity index (χ0) is 21.6. The number of hydrogen-bond donors (Lipinski definition) is 1. The van der Waals surface area contributed by atoms with E-state index in [0.717, 1.165) is 16.7 Å². The van der Waals surface area contributed by atoms with E-state index in [1.165, 1.54) is 7.11 Å². The molecule has 0 saturated heterocycles. The zero-order valence-electron chi connectivity index (χ0n) is 16.8. The fraction of sp³-hybridized carbons (Fsp3) is 0.208. The van der Waals surface area contributed by atoms with Gasteiger partial charge in [-0.05, 0) is 47.4 Å². The summed E-state index contributed by atoms with van der Waals surface area (Å²) in [5.41, 5.74) is 9.33. The van der Waals surface area contributed by atoms with Crippen molar-refractivity contribution in [2.75, 3.05) is 18.6 Å². The van der Waals surface area contributed by atoms with Gasteiger partial charge >= 0.3 is 5.97 Å². The second-order valence-electron chi connectivity index (χ2n) is 7.23. The molecule has 2 N–H and O–H groups in total. The van der Waals surface area contributed by atoms with Crippen LogP contribution in [-0.2, 0) is 25.8 Å². The number of carbonyl (C=O) groups is 1. The van der Waals surface area contributed by atoms with Gasteiger partial charge in [0.1, 0.15) is 0 Å². The summed E-state index contributed by atoms with van der Waals surface area (Å²) in [6.07, 6.45) is 0.699. The van der Waals surface area contributed by atoms with Gasteiger partial charge in [-0.2, -0.15) is 0 Å². The highest BCUT2D eigenvalue weighted by atomic mass is 32.2. The molecule has 0 aliphatic heterocycles. The van der Waals surface area contributed by atoms with Crippen LogP contribution in [0.15, 0.2) is 83.8 Å². The van der Waals surface area contributed by atoms with Crippen LogP contribution in [-0.4, -0.2) is 27.2 Å². The Kier molecular flexibility index (Phi) is 6.90. The predicted octanol–water partition coefficient (Wildman–Crippen LogP) is 3.98. The van der Waals surface area contributed by atoms with Crippen molar-refractivity contribution in [1.29, 1.82) is 0 Å². The number of carbonyl (C=O) groups excluding carboxylic acids is 1. The van der Waals surface area contributed by atoms with Crippen molar-refractivity contribution in [2.45, 2.75) is 23.7 Å². The molecule has 0 aliphatic carbocycles. The molecular formula is C24H25NO4S. The summed E-state index contributed by atoms with van der Waals surface area (Å²) < 4.78 is 30.8. The molecule has 0 bridgehead atoms. The molecule has 0 aromatic heterocycles. The van der Waals surface area contributed by atoms with Gasteiger partial charge in [-0.3, -0.25) is 4.79 Å². The minimum atomic E-state index is -3.58. The fourth-order valence-electron chi connectivity index (χ4n) is 3.33. The highest BCUT2D eigenvalue weighted by Crippen LogP contribution is 2.26. The number of anilines is 1. The van der Waals surface area contributed by atoms with Crippen LogP contribution >= 0.6 is 0 Å². The van der Waals surface area contributed by atoms with Crippen LogP contribution < -0.4 is 5.73 Å². The minimum Gasteiger partial charge on any atom is -0.469 e. The largest absolute Gasteiger partial charge is 0.469 e. The minimum absolute atomic E-state index is 0.00889. The highest BCUT2D eigenvalue weighted by molar-refractivity contribution is 7.91. The first-order chi connectivity index (χ1) is 14.4. The van der Waals surface area contributed by atoms with Crippen molar-refractivity contribution in [2.24, 2.45) is 0 Å². The van der Waals surface area contributed by atoms with E-state index in [4.69, 9.17) is 10.5 Å². The van der Waals surface area contributed by atoms with Crippen molar-refractivity contribution in [3.63, 3.8) is 0 Å². The number of ether oxygens (including phenoxy) is 1. The molecule has 6 heteroatoms. The molecule has 3 aromatic carbocycles. The lowest BCUT2D eigenvalue weighted by atomic mass is 9.98. The molecule has 0 heterocycles. The summed E-state index contributed by atoms with van der Waals surface area (Å²) in [6.45, 7) is 0. The third-order valence-corrected chi connectivity index (χ3v) is 6.83. The maximum Gasteiger partial charge on any atom is 0.306 e. The fourth-order valence-corrected chi connectivity index (χ4v) is 4.91. The topological polar surface area (TPSA) is 86.5 Å². The number of hydrogen-bond acceptors (Lipinski definition) is 5. The molecule has 0 spiro atoms. The number of rotatable bonds is 8. The second kappa shape index (κ2) is 9.59. The Morgan fingerprint density at radius 2 is 1.47 bits per heavy atom. The van der Waals surface area contributed by atoms with E-state index in [1.54, 1.807) is 12.1 Å². The molecule has 0 aliphatic rings. The third-order valence-electron chi connectivity index (χ3n) is 5.00. The van der Waals surface area contributed by atoms with Crippen LogP contribution in [0.25, 0.3) is 0 Å². The molecule has 30 heavy (non-hydrogen) atoms. The summed E-state index contributed by atoms with van der Waals surface area (Å²) in [6, 6.07) is 23.7. The molecule has 5 nitrogen and oxygen atoms in total. The van der Waals surface area contributed by atoms with Gasteiger partial charge in [0, 0.05) is 11.6 Å². The molecular weight excluding hydrogens is 398 g/mol. The molecule has 0 amide bonds. The Balaban J connectivity index is 1.77. The highest BCUT2D eigenvalue weighted by Gasteiger charge is 2.25. The Morgan fingerprint density at radius 3 is 2.03 bits per heavy atom. The summed E-state index contributed by atoms with van der Waals surface area (Å²) in [5, 5.41) is 0. The van der Waals surface area contributed by atoms with Crippen molar-refractivity contribution in [3.05, 3.63) is 95.6 Å². The van der Waals surface area contributed by atoms with E-state index >= 15 is 0 Å². The maximum atomic E-state index is 13.0. The molecule has 0 fully saturated rings. The lowest BCUT2D eigenvalue weighted by molar-refractivity contribution is -0.140. The number of nitrogen functional groups attached to an aromatic ring is 1. The predicted molar refractivity (Wildman–Crippen MR) is 118 cm³/mol. The van der Waals surface area contributed by atoms with Gasteiger partial charge in [0.05, 0.1) is 24.2 Å². The lowest BCUT2D eigenvalue weighted by Gasteiger charge is -2.17. The number of benzene rings is 3. The smallest absolute Gasteiger partial charge is 0.306 e. The van der Waals surface area contributed by atoms with Gasteiger partial charge in [0.15, 0.2) is 9.84 Å². The molecule has 3 aromatic rings. The Bertz CT molecular complexity index is 1080. The van der Waals surface area contributed by atoms with Crippen LogP contribution in [0, 0.1) is 0 Å². The normalized spacial score (nSPS) is 12.3. The van der Waals surface area contributed by atoms with Gasteiger partial charge < -0.3 is 10.5 Å². The van der Waals surface area contributed by atoms with Crippen molar-refractivity contribution >= 4 is 21.5 Å². The lowest BCUT2D eigenvalue weighted by Crippen LogP contribution is -2.19. The Morgan fingerprint density at radius 1 is 0.900 bits per heavy atom. The number of sulfone groups is 1. The Hall–Kier alpha value is -3.12. The summed E-state index contributed by atoms with van der Waals surface area (Å²) in [7, 11) is -2.28. The van der Waals surface area contributed by atoms with Gasteiger partial charge in [0.25, 0.3) is 0 Å². The summed E-state index contributed by atoms with van der Waals surface area (Å²) in [4.78, 5) is 12.1. The van der Waals surface area contributed by atoms with E-state index in [9.17, 15) is 13.2 Å². The average Bonchev–Trinajstić information content (AvgIpc) is 2.75. The van der Waals surface area contributed by atoms with Gasteiger partial charge in [-0.25, -0.2) is 8.42 Å². The zero-order valence-corrected chi connectivity index (χ0v) is 17.6. The SMILES string of the molecule is COC(=O)CC(CS(=O)(=O)c1ccc(Cc2ccc(N)cc2)cc1)c1ccccc1. The van der Waals surface area contributed by atoms with Crippen LogP contribution in [0.2, 0.25) is 0 Å². The first kappa shape index (κ1) is 21.6. The number of methoxy groups -OCH3 is 1. The molecule has 1 unspecified atom stereocenters. The second-order valence-corrected chi connectivity index (χ2v) is 9.27. The van der Waals surface area contributed by atoms with Crippen molar-refractivity contribution in [3.8, 4) is 0 Å². The van der Waals surface area contributed by atoms with Gasteiger partial charge in [-0.1, -0.05) is 54.6 Å². The average molecular weight is 424 g/mol. The van der Waals surface area contributed by atoms with E-state index in [1.807, 2.05) is 66.7 Å². The molecule has 3 rings (SSSR count). The third kappa shape index (κ3) is 5.70. The van der Waals surface area contributed by atoms with Gasteiger partial charge in [0.2, 0.25) is 0 Å². The van der Waals surface area contributed by atoms with Crippen molar-refractivity contribution in [1.82, 2.24) is 0 Å². The van der Waals surface area contributed by atoms with E-state index in [-0.39, 0.29) is 17.1 Å². The monoisotopic (exact) mass is 423 g/mol. The van der Waals surface area contributed by atoms with Crippen LogP contribution in [0.4, 0.5) is 5.69 Å². The molecule has 1 atom stereocenters. The quantitative estimate of drug-likeness (QED) is 0.437. The summed E-state index contributed by atoms with van der Waals surface area (Å²) in [5.74, 6) is -1.07. The standard InChI is InChI=1S/C24H25NO4S/c1-29-24(26)16-21(20-5-3-2-4-6-20)17-30(27,28)23-13-9-19(10-14-23)15-18-7-11-22(25)12-8-18/h2-14,21H,15-17,25H2,1H3. The van der Waals surface area contributed by atoms with Crippen molar-refractivity contribution < 1.29 is 17.9 Å². The number of nitrogens with two attached hydrogens (primary N) is 1. The number of esters is 1. The first-order valence-electron chi connectivity index (χ1n) is 9.65. The van der Waals surface area contributed by atoms with E-state index in [0.29, 0.717) is 12.1 Å². The summed E-state index contributed by atoms with van der Waals surface area (Å²) >= 11 is 0. The van der Waals surface area contributed by atoms with Crippen LogP contribution in [0.5, 0.6) is 0 Å². The van der Waals surface area contributed by atoms with Gasteiger partial charge in [-0.15, -0.1) is 0 Å². The van der Waals surface area contributed by atoms with E-state index < -0.39 is 21.7 Å². The first-order valence-corrected chi connectivity index (χ1v) is 11.3. The molecule has 0 radical (unpaired) electrons. The van der Waals surface area contributed by atoms with Crippen LogP contribution in [0.3, 0.4) is 0 Å². The van der Waals surface area contributed by atoms with Crippen LogP contribution in [0.1, 0.15) is 29.0 Å². The van der Waals surface area contributed by atoms with E-state index in [2.05, 4.69) is 0 Å². The maximum absolute atomic E-state index is 13.0. The Labute approximate surface area is 177 Å². The molecule has 0 saturated carbocycles. The molecule has 156 valence electrons.